The Hall–Kier alpha value is -1.50. The van der Waals surface area contributed by atoms with Crippen LogP contribution in [0.15, 0.2) is 12.3 Å². The quantitative estimate of drug-likeness (QED) is 0.617. The van der Waals surface area contributed by atoms with Crippen molar-refractivity contribution in [2.24, 2.45) is 0 Å². The van der Waals surface area contributed by atoms with Crippen molar-refractivity contribution in [3.8, 4) is 0 Å². The molecule has 1 heterocycles. The molecule has 116 valence electrons. The SMILES string of the molecule is COC(=O)CSCCC(=O)Nc1ccnn1C1CCCC1. The summed E-state index contributed by atoms with van der Waals surface area (Å²) in [6.45, 7) is 0. The average Bonchev–Trinajstić information content (AvgIpc) is 3.13. The van der Waals surface area contributed by atoms with E-state index in [9.17, 15) is 9.59 Å². The minimum Gasteiger partial charge on any atom is -0.468 e. The summed E-state index contributed by atoms with van der Waals surface area (Å²) in [5, 5.41) is 7.22. The summed E-state index contributed by atoms with van der Waals surface area (Å²) in [6, 6.07) is 2.24. The molecule has 0 aliphatic heterocycles. The third-order valence-corrected chi connectivity index (χ3v) is 4.46. The van der Waals surface area contributed by atoms with Crippen LogP contribution >= 0.6 is 11.8 Å². The second-order valence-electron chi connectivity index (χ2n) is 5.03. The Balaban J connectivity index is 1.75. The Morgan fingerprint density at radius 1 is 1.48 bits per heavy atom. The summed E-state index contributed by atoms with van der Waals surface area (Å²) in [4.78, 5) is 22.9. The first-order valence-electron chi connectivity index (χ1n) is 7.18. The molecule has 1 saturated carbocycles. The molecule has 0 radical (unpaired) electrons. The van der Waals surface area contributed by atoms with E-state index >= 15 is 0 Å². The first-order valence-corrected chi connectivity index (χ1v) is 8.34. The van der Waals surface area contributed by atoms with Crippen molar-refractivity contribution in [1.29, 1.82) is 0 Å². The molecule has 1 N–H and O–H groups in total. The summed E-state index contributed by atoms with van der Waals surface area (Å²) >= 11 is 1.40. The molecule has 1 aliphatic rings. The van der Waals surface area contributed by atoms with Crippen LogP contribution in [-0.4, -0.2) is 40.3 Å². The highest BCUT2D eigenvalue weighted by Crippen LogP contribution is 2.31. The van der Waals surface area contributed by atoms with Gasteiger partial charge < -0.3 is 10.1 Å². The molecule has 1 aliphatic carbocycles. The van der Waals surface area contributed by atoms with Gasteiger partial charge in [0.05, 0.1) is 25.1 Å². The number of carbonyl (C=O) groups excluding carboxylic acids is 2. The first-order chi connectivity index (χ1) is 10.2. The van der Waals surface area contributed by atoms with Crippen LogP contribution in [0.1, 0.15) is 38.1 Å². The zero-order chi connectivity index (χ0) is 15.1. The molecule has 1 fully saturated rings. The van der Waals surface area contributed by atoms with Gasteiger partial charge in [-0.15, -0.1) is 11.8 Å². The van der Waals surface area contributed by atoms with Crippen LogP contribution in [0.4, 0.5) is 5.82 Å². The number of nitrogens with one attached hydrogen (secondary N) is 1. The van der Waals surface area contributed by atoms with E-state index in [0.717, 1.165) is 18.7 Å². The molecule has 1 amide bonds. The minimum absolute atomic E-state index is 0.0490. The molecular weight excluding hydrogens is 290 g/mol. The van der Waals surface area contributed by atoms with E-state index in [2.05, 4.69) is 15.2 Å². The van der Waals surface area contributed by atoms with E-state index in [1.165, 1.54) is 31.7 Å². The van der Waals surface area contributed by atoms with E-state index in [1.54, 1.807) is 6.20 Å². The van der Waals surface area contributed by atoms with Gasteiger partial charge in [0.15, 0.2) is 0 Å². The van der Waals surface area contributed by atoms with Crippen LogP contribution in [0.2, 0.25) is 0 Å². The van der Waals surface area contributed by atoms with Crippen LogP contribution in [0.25, 0.3) is 0 Å². The van der Waals surface area contributed by atoms with Gasteiger partial charge in [-0.25, -0.2) is 4.68 Å². The van der Waals surface area contributed by atoms with Crippen molar-refractivity contribution in [3.63, 3.8) is 0 Å². The number of aromatic nitrogens is 2. The number of methoxy groups -OCH3 is 1. The summed E-state index contributed by atoms with van der Waals surface area (Å²) in [5.74, 6) is 1.33. The van der Waals surface area contributed by atoms with Crippen LogP contribution < -0.4 is 5.32 Å². The van der Waals surface area contributed by atoms with Crippen molar-refractivity contribution < 1.29 is 14.3 Å². The second-order valence-corrected chi connectivity index (χ2v) is 6.13. The highest BCUT2D eigenvalue weighted by molar-refractivity contribution is 7.99. The first kappa shape index (κ1) is 15.9. The maximum Gasteiger partial charge on any atom is 0.315 e. The summed E-state index contributed by atoms with van der Waals surface area (Å²) in [5.41, 5.74) is 0. The van der Waals surface area contributed by atoms with Gasteiger partial charge in [0.25, 0.3) is 0 Å². The second kappa shape index (κ2) is 8.07. The Kier molecular flexibility index (Phi) is 6.10. The van der Waals surface area contributed by atoms with Crippen molar-refractivity contribution in [2.45, 2.75) is 38.1 Å². The highest BCUT2D eigenvalue weighted by Gasteiger charge is 2.20. The number of rotatable bonds is 7. The van der Waals surface area contributed by atoms with Crippen LogP contribution in [-0.2, 0) is 14.3 Å². The topological polar surface area (TPSA) is 73.2 Å². The Bertz CT molecular complexity index is 484. The molecule has 1 aromatic rings. The van der Waals surface area contributed by atoms with Gasteiger partial charge in [-0.2, -0.15) is 5.10 Å². The molecule has 0 aromatic carbocycles. The Morgan fingerprint density at radius 2 is 2.24 bits per heavy atom. The number of thioether (sulfide) groups is 1. The number of amides is 1. The standard InChI is InChI=1S/C14H21N3O3S/c1-20-14(19)10-21-9-7-13(18)16-12-6-8-15-17(12)11-4-2-3-5-11/h6,8,11H,2-5,7,9-10H2,1H3,(H,16,18). The van der Waals surface area contributed by atoms with Crippen molar-refractivity contribution in [3.05, 3.63) is 12.3 Å². The van der Waals surface area contributed by atoms with Crippen molar-refractivity contribution in [2.75, 3.05) is 23.9 Å². The van der Waals surface area contributed by atoms with Gasteiger partial charge in [0.2, 0.25) is 5.91 Å². The number of carbonyl (C=O) groups is 2. The fourth-order valence-corrected chi connectivity index (χ4v) is 3.20. The lowest BCUT2D eigenvalue weighted by Gasteiger charge is -2.14. The largest absolute Gasteiger partial charge is 0.468 e. The lowest BCUT2D eigenvalue weighted by atomic mass is 10.2. The number of nitrogens with zero attached hydrogens (tertiary/aromatic N) is 2. The number of anilines is 1. The summed E-state index contributed by atoms with van der Waals surface area (Å²) < 4.78 is 6.47. The Morgan fingerprint density at radius 3 is 2.95 bits per heavy atom. The van der Waals surface area contributed by atoms with Crippen molar-refractivity contribution >= 4 is 29.5 Å². The zero-order valence-electron chi connectivity index (χ0n) is 12.2. The number of hydrogen-bond donors (Lipinski definition) is 1. The third-order valence-electron chi connectivity index (χ3n) is 3.53. The summed E-state index contributed by atoms with van der Waals surface area (Å²) in [6.07, 6.45) is 6.79. The monoisotopic (exact) mass is 311 g/mol. The van der Waals surface area contributed by atoms with Crippen LogP contribution in [0.3, 0.4) is 0 Å². The molecule has 0 atom stereocenters. The maximum atomic E-state index is 11.9. The molecule has 0 spiro atoms. The smallest absolute Gasteiger partial charge is 0.315 e. The fraction of sp³-hybridized carbons (Fsp3) is 0.643. The van der Waals surface area contributed by atoms with Gasteiger partial charge >= 0.3 is 5.97 Å². The van der Waals surface area contributed by atoms with Gasteiger partial charge in [-0.05, 0) is 12.8 Å². The van der Waals surface area contributed by atoms with Crippen LogP contribution in [0, 0.1) is 0 Å². The Labute approximate surface area is 128 Å². The number of hydrogen-bond acceptors (Lipinski definition) is 5. The van der Waals surface area contributed by atoms with Gasteiger partial charge in [0.1, 0.15) is 5.82 Å². The molecule has 0 saturated heterocycles. The highest BCUT2D eigenvalue weighted by atomic mass is 32.2. The number of ether oxygens (including phenoxy) is 1. The van der Waals surface area contributed by atoms with E-state index in [4.69, 9.17) is 0 Å². The van der Waals surface area contributed by atoms with Crippen molar-refractivity contribution in [1.82, 2.24) is 9.78 Å². The minimum atomic E-state index is -0.264. The number of esters is 1. The maximum absolute atomic E-state index is 11.9. The predicted octanol–water partition coefficient (Wildman–Crippen LogP) is 2.23. The van der Waals surface area contributed by atoms with E-state index in [1.807, 2.05) is 10.7 Å². The lowest BCUT2D eigenvalue weighted by Crippen LogP contribution is -2.18. The molecule has 1 aromatic heterocycles. The van der Waals surface area contributed by atoms with Gasteiger partial charge in [0, 0.05) is 18.2 Å². The average molecular weight is 311 g/mol. The molecule has 21 heavy (non-hydrogen) atoms. The predicted molar refractivity (Wildman–Crippen MR) is 82.3 cm³/mol. The third kappa shape index (κ3) is 4.77. The lowest BCUT2D eigenvalue weighted by molar-refractivity contribution is -0.137. The van der Waals surface area contributed by atoms with Crippen LogP contribution in [0.5, 0.6) is 0 Å². The van der Waals surface area contributed by atoms with E-state index in [0.29, 0.717) is 18.2 Å². The van der Waals surface area contributed by atoms with E-state index < -0.39 is 0 Å². The van der Waals surface area contributed by atoms with Gasteiger partial charge in [-0.3, -0.25) is 9.59 Å². The molecule has 0 bridgehead atoms. The fourth-order valence-electron chi connectivity index (χ4n) is 2.44. The molecule has 7 heteroatoms. The summed E-state index contributed by atoms with van der Waals surface area (Å²) in [7, 11) is 1.36. The normalized spacial score (nSPS) is 15.1. The van der Waals surface area contributed by atoms with Gasteiger partial charge in [-0.1, -0.05) is 12.8 Å². The zero-order valence-corrected chi connectivity index (χ0v) is 13.0. The molecule has 6 nitrogen and oxygen atoms in total. The van der Waals surface area contributed by atoms with E-state index in [-0.39, 0.29) is 17.6 Å². The molecular formula is C14H21N3O3S. The molecule has 0 unspecified atom stereocenters. The molecule has 2 rings (SSSR count).